The Bertz CT molecular complexity index is 419. The highest BCUT2D eigenvalue weighted by molar-refractivity contribution is 5.78. The molecule has 0 bridgehead atoms. The number of nitrogens with two attached hydrogens (primary N) is 1. The second-order valence-corrected chi connectivity index (χ2v) is 4.03. The van der Waals surface area contributed by atoms with E-state index in [9.17, 15) is 9.18 Å². The summed E-state index contributed by atoms with van der Waals surface area (Å²) in [5.74, 6) is -0.360. The van der Waals surface area contributed by atoms with Crippen LogP contribution in [-0.2, 0) is 11.2 Å². The standard InChI is InChI=1S/C12H15FN2O/c1-8-12-9(3-2-4-10(12)13)5-6-15(8)11(16)7-14/h2-4,8H,5-7,14H2,1H3. The lowest BCUT2D eigenvalue weighted by Crippen LogP contribution is -2.42. The van der Waals surface area contributed by atoms with E-state index in [1.54, 1.807) is 11.0 Å². The molecule has 0 spiro atoms. The van der Waals surface area contributed by atoms with Crippen LogP contribution in [0.1, 0.15) is 24.1 Å². The molecule has 1 aliphatic rings. The molecule has 2 N–H and O–H groups in total. The lowest BCUT2D eigenvalue weighted by Gasteiger charge is -2.35. The molecule has 0 radical (unpaired) electrons. The van der Waals surface area contributed by atoms with Crippen LogP contribution in [0.25, 0.3) is 0 Å². The molecule has 86 valence electrons. The summed E-state index contributed by atoms with van der Waals surface area (Å²) in [5.41, 5.74) is 6.97. The molecule has 3 nitrogen and oxygen atoms in total. The average molecular weight is 222 g/mol. The first kappa shape index (κ1) is 11.1. The van der Waals surface area contributed by atoms with Crippen molar-refractivity contribution in [3.8, 4) is 0 Å². The van der Waals surface area contributed by atoms with Crippen molar-refractivity contribution >= 4 is 5.91 Å². The minimum absolute atomic E-state index is 0.0197. The van der Waals surface area contributed by atoms with E-state index in [0.717, 1.165) is 5.56 Å². The summed E-state index contributed by atoms with van der Waals surface area (Å²) in [5, 5.41) is 0. The molecule has 1 aromatic carbocycles. The topological polar surface area (TPSA) is 46.3 Å². The minimum atomic E-state index is -0.237. The van der Waals surface area contributed by atoms with Gasteiger partial charge < -0.3 is 10.6 Å². The minimum Gasteiger partial charge on any atom is -0.334 e. The lowest BCUT2D eigenvalue weighted by molar-refractivity contribution is -0.132. The van der Waals surface area contributed by atoms with Crippen molar-refractivity contribution in [3.63, 3.8) is 0 Å². The molecule has 1 aromatic rings. The predicted octanol–water partition coefficient (Wildman–Crippen LogP) is 1.23. The number of amides is 1. The molecule has 1 unspecified atom stereocenters. The summed E-state index contributed by atoms with van der Waals surface area (Å²) in [6.45, 7) is 2.44. The van der Waals surface area contributed by atoms with E-state index in [1.165, 1.54) is 6.07 Å². The maximum atomic E-state index is 13.7. The van der Waals surface area contributed by atoms with E-state index in [2.05, 4.69) is 0 Å². The Kier molecular flexibility index (Phi) is 2.92. The zero-order chi connectivity index (χ0) is 11.7. The van der Waals surface area contributed by atoms with Crippen molar-refractivity contribution in [1.29, 1.82) is 0 Å². The molecule has 0 aliphatic carbocycles. The van der Waals surface area contributed by atoms with Crippen LogP contribution in [0.15, 0.2) is 18.2 Å². The number of carbonyl (C=O) groups is 1. The number of halogens is 1. The van der Waals surface area contributed by atoms with Gasteiger partial charge in [0.2, 0.25) is 5.91 Å². The molecular formula is C12H15FN2O. The molecule has 0 fully saturated rings. The Morgan fingerprint density at radius 2 is 2.38 bits per heavy atom. The maximum absolute atomic E-state index is 13.7. The van der Waals surface area contributed by atoms with Gasteiger partial charge in [-0.2, -0.15) is 0 Å². The van der Waals surface area contributed by atoms with Gasteiger partial charge in [-0.15, -0.1) is 0 Å². The SMILES string of the molecule is CC1c2c(F)cccc2CCN1C(=O)CN. The highest BCUT2D eigenvalue weighted by Crippen LogP contribution is 2.31. The number of rotatable bonds is 1. The van der Waals surface area contributed by atoms with E-state index in [1.807, 2.05) is 13.0 Å². The lowest BCUT2D eigenvalue weighted by atomic mass is 9.93. The predicted molar refractivity (Wildman–Crippen MR) is 59.3 cm³/mol. The van der Waals surface area contributed by atoms with Gasteiger partial charge in [0.25, 0.3) is 0 Å². The second-order valence-electron chi connectivity index (χ2n) is 4.03. The third kappa shape index (κ3) is 1.69. The van der Waals surface area contributed by atoms with Crippen LogP contribution in [0.5, 0.6) is 0 Å². The van der Waals surface area contributed by atoms with Gasteiger partial charge in [-0.1, -0.05) is 12.1 Å². The molecule has 1 aliphatic heterocycles. The largest absolute Gasteiger partial charge is 0.334 e. The van der Waals surface area contributed by atoms with Gasteiger partial charge >= 0.3 is 0 Å². The Morgan fingerprint density at radius 1 is 1.62 bits per heavy atom. The van der Waals surface area contributed by atoms with Crippen molar-refractivity contribution in [3.05, 3.63) is 35.1 Å². The van der Waals surface area contributed by atoms with E-state index in [4.69, 9.17) is 5.73 Å². The fraction of sp³-hybridized carbons (Fsp3) is 0.417. The van der Waals surface area contributed by atoms with E-state index >= 15 is 0 Å². The first-order valence-corrected chi connectivity index (χ1v) is 5.42. The number of nitrogens with zero attached hydrogens (tertiary/aromatic N) is 1. The summed E-state index contributed by atoms with van der Waals surface area (Å²) in [4.78, 5) is 13.2. The molecule has 1 amide bonds. The van der Waals surface area contributed by atoms with Gasteiger partial charge in [0.05, 0.1) is 12.6 Å². The van der Waals surface area contributed by atoms with E-state index < -0.39 is 0 Å². The number of fused-ring (bicyclic) bond motifs is 1. The van der Waals surface area contributed by atoms with Crippen molar-refractivity contribution in [1.82, 2.24) is 4.90 Å². The smallest absolute Gasteiger partial charge is 0.236 e. The molecule has 2 rings (SSSR count). The molecule has 16 heavy (non-hydrogen) atoms. The zero-order valence-corrected chi connectivity index (χ0v) is 9.24. The van der Waals surface area contributed by atoms with Gasteiger partial charge in [0.15, 0.2) is 0 Å². The monoisotopic (exact) mass is 222 g/mol. The molecule has 4 heteroatoms. The van der Waals surface area contributed by atoms with Crippen molar-refractivity contribution < 1.29 is 9.18 Å². The summed E-state index contributed by atoms with van der Waals surface area (Å²) < 4.78 is 13.7. The van der Waals surface area contributed by atoms with Gasteiger partial charge in [-0.05, 0) is 25.0 Å². The summed E-state index contributed by atoms with van der Waals surface area (Å²) >= 11 is 0. The van der Waals surface area contributed by atoms with Crippen molar-refractivity contribution in [2.75, 3.05) is 13.1 Å². The third-order valence-corrected chi connectivity index (χ3v) is 3.15. The fourth-order valence-corrected chi connectivity index (χ4v) is 2.32. The van der Waals surface area contributed by atoms with Gasteiger partial charge in [0.1, 0.15) is 5.82 Å². The summed E-state index contributed by atoms with van der Waals surface area (Å²) in [7, 11) is 0. The van der Waals surface area contributed by atoms with E-state index in [0.29, 0.717) is 18.5 Å². The molecule has 0 saturated carbocycles. The number of carbonyl (C=O) groups excluding carboxylic acids is 1. The Hall–Kier alpha value is -1.42. The second kappa shape index (κ2) is 4.22. The van der Waals surface area contributed by atoms with Crippen LogP contribution in [0.2, 0.25) is 0 Å². The van der Waals surface area contributed by atoms with Crippen LogP contribution in [0.3, 0.4) is 0 Å². The number of hydrogen-bond acceptors (Lipinski definition) is 2. The summed E-state index contributed by atoms with van der Waals surface area (Å²) in [6.07, 6.45) is 0.698. The maximum Gasteiger partial charge on any atom is 0.236 e. The van der Waals surface area contributed by atoms with Crippen LogP contribution in [0.4, 0.5) is 4.39 Å². The van der Waals surface area contributed by atoms with Crippen molar-refractivity contribution in [2.24, 2.45) is 5.73 Å². The van der Waals surface area contributed by atoms with Crippen LogP contribution < -0.4 is 5.73 Å². The zero-order valence-electron chi connectivity index (χ0n) is 9.24. The summed E-state index contributed by atoms with van der Waals surface area (Å²) in [6, 6.07) is 4.84. The third-order valence-electron chi connectivity index (χ3n) is 3.15. The average Bonchev–Trinajstić information content (AvgIpc) is 2.28. The Balaban J connectivity index is 2.38. The molecule has 1 atom stereocenters. The molecule has 0 aromatic heterocycles. The molecular weight excluding hydrogens is 207 g/mol. The Labute approximate surface area is 94.0 Å². The van der Waals surface area contributed by atoms with Crippen LogP contribution in [0, 0.1) is 5.82 Å². The molecule has 0 saturated heterocycles. The normalized spacial score (nSPS) is 19.4. The molecule has 1 heterocycles. The van der Waals surface area contributed by atoms with Crippen LogP contribution >= 0.6 is 0 Å². The van der Waals surface area contributed by atoms with Gasteiger partial charge in [-0.3, -0.25) is 4.79 Å². The quantitative estimate of drug-likeness (QED) is 0.776. The van der Waals surface area contributed by atoms with E-state index in [-0.39, 0.29) is 24.3 Å². The Morgan fingerprint density at radius 3 is 3.06 bits per heavy atom. The van der Waals surface area contributed by atoms with Gasteiger partial charge in [0, 0.05) is 12.1 Å². The fourth-order valence-electron chi connectivity index (χ4n) is 2.32. The first-order chi connectivity index (χ1) is 7.65. The number of benzene rings is 1. The van der Waals surface area contributed by atoms with Crippen LogP contribution in [-0.4, -0.2) is 23.9 Å². The highest BCUT2D eigenvalue weighted by Gasteiger charge is 2.28. The highest BCUT2D eigenvalue weighted by atomic mass is 19.1. The van der Waals surface area contributed by atoms with Crippen molar-refractivity contribution in [2.45, 2.75) is 19.4 Å². The van der Waals surface area contributed by atoms with Gasteiger partial charge in [-0.25, -0.2) is 4.39 Å². The number of hydrogen-bond donors (Lipinski definition) is 1. The first-order valence-electron chi connectivity index (χ1n) is 5.42.